The third-order valence-electron chi connectivity index (χ3n) is 1.98. The lowest BCUT2D eigenvalue weighted by molar-refractivity contribution is 0.153. The van der Waals surface area contributed by atoms with E-state index in [2.05, 4.69) is 0 Å². The van der Waals surface area contributed by atoms with Crippen molar-refractivity contribution in [2.75, 3.05) is 5.88 Å². The highest BCUT2D eigenvalue weighted by Gasteiger charge is 2.23. The fraction of sp³-hybridized carbons (Fsp3) is 0.500. The highest BCUT2D eigenvalue weighted by molar-refractivity contribution is 6.32. The minimum atomic E-state index is -1.41. The summed E-state index contributed by atoms with van der Waals surface area (Å²) in [4.78, 5) is 0. The Morgan fingerprint density at radius 1 is 1.19 bits per heavy atom. The summed E-state index contributed by atoms with van der Waals surface area (Å²) in [6.45, 7) is 0. The zero-order chi connectivity index (χ0) is 12.0. The maximum absolute atomic E-state index is 9.48. The molecule has 1 fully saturated rings. The summed E-state index contributed by atoms with van der Waals surface area (Å²) < 4.78 is 0. The lowest BCUT2D eigenvalue weighted by Gasteiger charge is -2.17. The van der Waals surface area contributed by atoms with Crippen LogP contribution in [0.1, 0.15) is 24.8 Å². The van der Waals surface area contributed by atoms with Gasteiger partial charge >= 0.3 is 0 Å². The Morgan fingerprint density at radius 2 is 1.75 bits per heavy atom. The first-order chi connectivity index (χ1) is 7.55. The molecule has 16 heavy (non-hydrogen) atoms. The maximum atomic E-state index is 9.48. The van der Waals surface area contributed by atoms with Gasteiger partial charge in [-0.3, -0.25) is 0 Å². The molecule has 1 saturated carbocycles. The monoisotopic (exact) mass is 280 g/mol. The Morgan fingerprint density at radius 3 is 2.19 bits per heavy atom. The summed E-state index contributed by atoms with van der Waals surface area (Å²) in [7, 11) is 0. The van der Waals surface area contributed by atoms with Gasteiger partial charge in [0.05, 0.1) is 5.88 Å². The van der Waals surface area contributed by atoms with Crippen molar-refractivity contribution in [3.05, 3.63) is 34.9 Å². The standard InChI is InChI=1S/C9H9Cl3O.C3H6/c10-6-9(12,13)5-7-3-1-2-4-8(7)11;1-2-3-1/h1-4,13H,5-6H2;1-3H2. The van der Waals surface area contributed by atoms with Crippen molar-refractivity contribution < 1.29 is 5.11 Å². The fourth-order valence-electron chi connectivity index (χ4n) is 0.981. The number of rotatable bonds is 3. The lowest BCUT2D eigenvalue weighted by atomic mass is 10.1. The second kappa shape index (κ2) is 6.70. The Balaban J connectivity index is 0.000000365. The van der Waals surface area contributed by atoms with Gasteiger partial charge in [0.1, 0.15) is 0 Å². The molecule has 1 aromatic rings. The van der Waals surface area contributed by atoms with Gasteiger partial charge in [-0.2, -0.15) is 0 Å². The minimum absolute atomic E-state index is 0.0280. The van der Waals surface area contributed by atoms with Crippen LogP contribution < -0.4 is 0 Å². The highest BCUT2D eigenvalue weighted by Crippen LogP contribution is 2.24. The molecule has 2 rings (SSSR count). The second-order valence-corrected chi connectivity index (χ2v) is 5.26. The predicted molar refractivity (Wildman–Crippen MR) is 70.5 cm³/mol. The average Bonchev–Trinajstić information content (AvgIpc) is 3.08. The van der Waals surface area contributed by atoms with Crippen LogP contribution in [0.5, 0.6) is 0 Å². The van der Waals surface area contributed by atoms with Crippen LogP contribution >= 0.6 is 34.8 Å². The molecule has 0 saturated heterocycles. The van der Waals surface area contributed by atoms with Gasteiger partial charge in [0.2, 0.25) is 0 Å². The first kappa shape index (κ1) is 14.1. The zero-order valence-electron chi connectivity index (χ0n) is 8.93. The molecule has 0 spiro atoms. The molecule has 1 N–H and O–H groups in total. The molecule has 4 heteroatoms. The molecule has 1 nitrogen and oxygen atoms in total. The van der Waals surface area contributed by atoms with E-state index in [-0.39, 0.29) is 12.3 Å². The minimum Gasteiger partial charge on any atom is -0.373 e. The van der Waals surface area contributed by atoms with E-state index in [1.165, 1.54) is 19.3 Å². The normalized spacial score (nSPS) is 17.0. The van der Waals surface area contributed by atoms with E-state index in [1.54, 1.807) is 6.07 Å². The maximum Gasteiger partial charge on any atom is 0.156 e. The zero-order valence-corrected chi connectivity index (χ0v) is 11.2. The first-order valence-electron chi connectivity index (χ1n) is 5.26. The van der Waals surface area contributed by atoms with Crippen LogP contribution in [0.3, 0.4) is 0 Å². The van der Waals surface area contributed by atoms with Gasteiger partial charge < -0.3 is 5.11 Å². The summed E-state index contributed by atoms with van der Waals surface area (Å²) in [5.41, 5.74) is 0.794. The van der Waals surface area contributed by atoms with E-state index < -0.39 is 5.06 Å². The van der Waals surface area contributed by atoms with Gasteiger partial charge in [0, 0.05) is 11.4 Å². The van der Waals surface area contributed by atoms with E-state index in [0.717, 1.165) is 5.56 Å². The van der Waals surface area contributed by atoms with Crippen LogP contribution in [0.15, 0.2) is 24.3 Å². The number of benzene rings is 1. The van der Waals surface area contributed by atoms with Crippen molar-refractivity contribution in [1.29, 1.82) is 0 Å². The van der Waals surface area contributed by atoms with Crippen molar-refractivity contribution in [3.8, 4) is 0 Å². The molecule has 1 aliphatic carbocycles. The molecule has 0 bridgehead atoms. The van der Waals surface area contributed by atoms with Crippen molar-refractivity contribution in [2.45, 2.75) is 30.7 Å². The number of alkyl halides is 2. The van der Waals surface area contributed by atoms with Crippen LogP contribution in [0.2, 0.25) is 5.02 Å². The fourth-order valence-corrected chi connectivity index (χ4v) is 1.42. The molecule has 1 aliphatic rings. The van der Waals surface area contributed by atoms with Crippen molar-refractivity contribution in [2.24, 2.45) is 0 Å². The number of hydrogen-bond donors (Lipinski definition) is 1. The number of aliphatic hydroxyl groups is 1. The quantitative estimate of drug-likeness (QED) is 0.823. The number of hydrogen-bond acceptors (Lipinski definition) is 1. The van der Waals surface area contributed by atoms with Gasteiger partial charge in [-0.25, -0.2) is 0 Å². The summed E-state index contributed by atoms with van der Waals surface area (Å²) in [5.74, 6) is -0.0280. The summed E-state index contributed by atoms with van der Waals surface area (Å²) >= 11 is 17.0. The molecule has 1 unspecified atom stereocenters. The van der Waals surface area contributed by atoms with Gasteiger partial charge in [-0.1, -0.05) is 60.7 Å². The highest BCUT2D eigenvalue weighted by atomic mass is 35.5. The first-order valence-corrected chi connectivity index (χ1v) is 6.55. The summed E-state index contributed by atoms with van der Waals surface area (Å²) in [5, 5.41) is 8.66. The van der Waals surface area contributed by atoms with Crippen molar-refractivity contribution >= 4 is 34.8 Å². The molecular weight excluding hydrogens is 266 g/mol. The van der Waals surface area contributed by atoms with E-state index in [9.17, 15) is 5.11 Å². The van der Waals surface area contributed by atoms with Gasteiger partial charge in [-0.15, -0.1) is 11.6 Å². The van der Waals surface area contributed by atoms with Crippen LogP contribution in [-0.4, -0.2) is 16.0 Å². The third kappa shape index (κ3) is 5.95. The van der Waals surface area contributed by atoms with Crippen LogP contribution in [0, 0.1) is 0 Å². The Bertz CT molecular complexity index is 321. The van der Waals surface area contributed by atoms with Gasteiger partial charge in [0.25, 0.3) is 0 Å². The summed E-state index contributed by atoms with van der Waals surface area (Å²) in [6, 6.07) is 7.21. The van der Waals surface area contributed by atoms with Gasteiger partial charge in [-0.05, 0) is 11.6 Å². The molecular formula is C12H15Cl3O. The smallest absolute Gasteiger partial charge is 0.156 e. The molecule has 0 heterocycles. The Labute approximate surface area is 111 Å². The molecule has 0 amide bonds. The summed E-state index contributed by atoms with van der Waals surface area (Å²) in [6.07, 6.45) is 4.75. The lowest BCUT2D eigenvalue weighted by Crippen LogP contribution is -2.25. The van der Waals surface area contributed by atoms with Crippen molar-refractivity contribution in [3.63, 3.8) is 0 Å². The van der Waals surface area contributed by atoms with Crippen LogP contribution in [-0.2, 0) is 6.42 Å². The number of halogens is 3. The average molecular weight is 282 g/mol. The predicted octanol–water partition coefficient (Wildman–Crippen LogP) is 4.22. The van der Waals surface area contributed by atoms with E-state index in [1.807, 2.05) is 18.2 Å². The SMILES string of the molecule is C1CC1.OC(Cl)(CCl)Cc1ccccc1Cl. The van der Waals surface area contributed by atoms with E-state index in [4.69, 9.17) is 34.8 Å². The van der Waals surface area contributed by atoms with Crippen LogP contribution in [0.4, 0.5) is 0 Å². The topological polar surface area (TPSA) is 20.2 Å². The third-order valence-corrected chi connectivity index (χ3v) is 3.19. The molecule has 0 aromatic heterocycles. The Hall–Kier alpha value is 0.0500. The molecule has 1 aromatic carbocycles. The van der Waals surface area contributed by atoms with E-state index in [0.29, 0.717) is 5.02 Å². The van der Waals surface area contributed by atoms with E-state index >= 15 is 0 Å². The molecule has 0 radical (unpaired) electrons. The largest absolute Gasteiger partial charge is 0.373 e. The molecule has 90 valence electrons. The molecule has 0 aliphatic heterocycles. The van der Waals surface area contributed by atoms with Gasteiger partial charge in [0.15, 0.2) is 5.06 Å². The Kier molecular flexibility index (Phi) is 5.91. The van der Waals surface area contributed by atoms with Crippen LogP contribution in [0.25, 0.3) is 0 Å². The second-order valence-electron chi connectivity index (χ2n) is 3.88. The van der Waals surface area contributed by atoms with Crippen molar-refractivity contribution in [1.82, 2.24) is 0 Å². The molecule has 1 atom stereocenters.